The molecule has 224 valence electrons. The van der Waals surface area contributed by atoms with E-state index in [1.165, 1.54) is 17.3 Å². The Bertz CT molecular complexity index is 1030. The Hall–Kier alpha value is -1.90. The van der Waals surface area contributed by atoms with Gasteiger partial charge in [0.25, 0.3) is 0 Å². The van der Waals surface area contributed by atoms with Gasteiger partial charge in [-0.15, -0.1) is 11.8 Å². The molecule has 1 aromatic carbocycles. The minimum Gasteiger partial charge on any atom is -0.458 e. The van der Waals surface area contributed by atoms with Gasteiger partial charge in [-0.05, 0) is 63.7 Å². The average molecular weight is 577 g/mol. The van der Waals surface area contributed by atoms with Gasteiger partial charge < -0.3 is 19.3 Å². The number of methoxy groups -OCH3 is 1. The number of aliphatic hydroxyl groups excluding tert-OH is 1. The molecule has 2 aliphatic heterocycles. The number of fused-ring (bicyclic) bond motifs is 1. The lowest BCUT2D eigenvalue weighted by atomic mass is 9.70. The Labute approximate surface area is 244 Å². The van der Waals surface area contributed by atoms with Crippen molar-refractivity contribution in [2.75, 3.05) is 12.9 Å². The SMILES string of the molecule is CCC1OC(=O)C(C)C(O)C(C)CC(C)(OC)CC(C)C(=O)C(C)C2C(SCCc3ccccc3)C(=O)OC12C. The molecule has 0 saturated carbocycles. The molecule has 0 spiro atoms. The van der Waals surface area contributed by atoms with Crippen molar-refractivity contribution in [3.05, 3.63) is 35.9 Å². The highest BCUT2D eigenvalue weighted by Gasteiger charge is 2.61. The van der Waals surface area contributed by atoms with Crippen molar-refractivity contribution >= 4 is 29.5 Å². The van der Waals surface area contributed by atoms with E-state index < -0.39 is 52.4 Å². The zero-order valence-electron chi connectivity index (χ0n) is 25.3. The number of cyclic esters (lactones) is 1. The predicted octanol–water partition coefficient (Wildman–Crippen LogP) is 5.26. The van der Waals surface area contributed by atoms with Crippen LogP contribution in [0.4, 0.5) is 0 Å². The Kier molecular flexibility index (Phi) is 10.9. The van der Waals surface area contributed by atoms with Crippen molar-refractivity contribution in [1.29, 1.82) is 0 Å². The van der Waals surface area contributed by atoms with Gasteiger partial charge in [0.05, 0.1) is 17.6 Å². The number of esters is 2. The lowest BCUT2D eigenvalue weighted by Crippen LogP contribution is -2.53. The maximum absolute atomic E-state index is 14.0. The van der Waals surface area contributed by atoms with Crippen LogP contribution in [0.5, 0.6) is 0 Å². The van der Waals surface area contributed by atoms with Gasteiger partial charge in [0.2, 0.25) is 0 Å². The van der Waals surface area contributed by atoms with Gasteiger partial charge in [0, 0.05) is 24.9 Å². The first-order chi connectivity index (χ1) is 18.8. The van der Waals surface area contributed by atoms with E-state index in [9.17, 15) is 19.5 Å². The largest absolute Gasteiger partial charge is 0.458 e. The minimum atomic E-state index is -1.19. The normalized spacial score (nSPS) is 39.7. The van der Waals surface area contributed by atoms with Gasteiger partial charge in [0.1, 0.15) is 17.1 Å². The quantitative estimate of drug-likeness (QED) is 0.458. The summed E-state index contributed by atoms with van der Waals surface area (Å²) in [4.78, 5) is 40.8. The summed E-state index contributed by atoms with van der Waals surface area (Å²) < 4.78 is 18.0. The van der Waals surface area contributed by atoms with Crippen LogP contribution in [0.2, 0.25) is 0 Å². The number of aliphatic hydroxyl groups is 1. The second-order valence-corrected chi connectivity index (χ2v) is 13.7. The van der Waals surface area contributed by atoms with Crippen molar-refractivity contribution in [2.24, 2.45) is 29.6 Å². The molecule has 10 atom stereocenters. The Morgan fingerprint density at radius 2 is 1.65 bits per heavy atom. The van der Waals surface area contributed by atoms with Crippen LogP contribution >= 0.6 is 11.8 Å². The summed E-state index contributed by atoms with van der Waals surface area (Å²) in [5, 5.41) is 10.5. The molecule has 8 heteroatoms. The lowest BCUT2D eigenvalue weighted by molar-refractivity contribution is -0.186. The van der Waals surface area contributed by atoms with Crippen LogP contribution in [0.3, 0.4) is 0 Å². The first-order valence-electron chi connectivity index (χ1n) is 14.6. The second-order valence-electron chi connectivity index (χ2n) is 12.4. The van der Waals surface area contributed by atoms with Gasteiger partial charge >= 0.3 is 11.9 Å². The molecule has 2 saturated heterocycles. The standard InChI is InChI=1S/C32H48O7S/c1-9-24-32(7)25(28(30(36)39-32)40-16-15-23-13-11-10-12-14-23)21(4)26(33)19(2)17-31(6,37-8)18-20(3)27(34)22(5)29(35)38-24/h10-14,19-22,24-25,27-28,34H,9,15-18H2,1-8H3. The monoisotopic (exact) mass is 576 g/mol. The highest BCUT2D eigenvalue weighted by molar-refractivity contribution is 8.00. The van der Waals surface area contributed by atoms with Crippen LogP contribution in [0.1, 0.15) is 73.3 Å². The molecule has 0 amide bonds. The van der Waals surface area contributed by atoms with Gasteiger partial charge in [-0.2, -0.15) is 0 Å². The summed E-state index contributed by atoms with van der Waals surface area (Å²) in [7, 11) is 1.62. The smallest absolute Gasteiger partial charge is 0.320 e. The van der Waals surface area contributed by atoms with Gasteiger partial charge in [-0.3, -0.25) is 14.4 Å². The predicted molar refractivity (Wildman–Crippen MR) is 157 cm³/mol. The third-order valence-electron chi connectivity index (χ3n) is 9.27. The number of carbonyl (C=O) groups is 3. The van der Waals surface area contributed by atoms with Crippen LogP contribution in [0.25, 0.3) is 0 Å². The Balaban J connectivity index is 2.00. The maximum Gasteiger partial charge on any atom is 0.320 e. The average Bonchev–Trinajstić information content (AvgIpc) is 3.19. The molecular weight excluding hydrogens is 528 g/mol. The summed E-state index contributed by atoms with van der Waals surface area (Å²) in [6, 6.07) is 10.1. The first kappa shape index (κ1) is 32.6. The molecule has 2 fully saturated rings. The van der Waals surface area contributed by atoms with Gasteiger partial charge in [0.15, 0.2) is 5.60 Å². The van der Waals surface area contributed by atoms with Crippen molar-refractivity contribution in [3.8, 4) is 0 Å². The molecule has 2 aliphatic rings. The van der Waals surface area contributed by atoms with E-state index in [1.54, 1.807) is 21.0 Å². The third kappa shape index (κ3) is 6.93. The fraction of sp³-hybridized carbons (Fsp3) is 0.719. The Morgan fingerprint density at radius 1 is 1.00 bits per heavy atom. The number of thioether (sulfide) groups is 1. The van der Waals surface area contributed by atoms with E-state index in [1.807, 2.05) is 52.8 Å². The number of hydrogen-bond donors (Lipinski definition) is 1. The van der Waals surface area contributed by atoms with E-state index in [0.717, 1.165) is 6.42 Å². The van der Waals surface area contributed by atoms with E-state index in [-0.39, 0.29) is 23.6 Å². The Morgan fingerprint density at radius 3 is 2.25 bits per heavy atom. The second kappa shape index (κ2) is 13.4. The van der Waals surface area contributed by atoms with E-state index in [2.05, 4.69) is 12.1 Å². The number of benzene rings is 1. The fourth-order valence-electron chi connectivity index (χ4n) is 6.86. The summed E-state index contributed by atoms with van der Waals surface area (Å²) in [5.41, 5.74) is -0.691. The van der Waals surface area contributed by atoms with Crippen molar-refractivity contribution in [2.45, 2.75) is 103 Å². The molecule has 40 heavy (non-hydrogen) atoms. The summed E-state index contributed by atoms with van der Waals surface area (Å²) in [6.07, 6.45) is 0.420. The zero-order valence-corrected chi connectivity index (χ0v) is 26.2. The number of carbonyl (C=O) groups excluding carboxylic acids is 3. The maximum atomic E-state index is 14.0. The van der Waals surface area contributed by atoms with Gasteiger partial charge in [-0.25, -0.2) is 0 Å². The molecule has 0 aliphatic carbocycles. The number of ketones is 1. The van der Waals surface area contributed by atoms with Crippen LogP contribution in [-0.4, -0.2) is 64.4 Å². The number of rotatable bonds is 6. The van der Waals surface area contributed by atoms with E-state index >= 15 is 0 Å². The number of aryl methyl sites for hydroxylation is 1. The van der Waals surface area contributed by atoms with Crippen LogP contribution in [0.15, 0.2) is 30.3 Å². The zero-order chi connectivity index (χ0) is 29.8. The molecule has 0 aromatic heterocycles. The van der Waals surface area contributed by atoms with Crippen LogP contribution in [0, 0.1) is 29.6 Å². The molecule has 7 nitrogen and oxygen atoms in total. The first-order valence-corrected chi connectivity index (χ1v) is 15.7. The van der Waals surface area contributed by atoms with Crippen LogP contribution < -0.4 is 0 Å². The minimum absolute atomic E-state index is 0.0336. The van der Waals surface area contributed by atoms with E-state index in [4.69, 9.17) is 14.2 Å². The fourth-order valence-corrected chi connectivity index (χ4v) is 8.37. The molecule has 0 radical (unpaired) electrons. The summed E-state index contributed by atoms with van der Waals surface area (Å²) in [5.74, 6) is -2.60. The number of hydrogen-bond acceptors (Lipinski definition) is 8. The third-order valence-corrected chi connectivity index (χ3v) is 10.5. The molecule has 1 N–H and O–H groups in total. The van der Waals surface area contributed by atoms with E-state index in [0.29, 0.717) is 25.0 Å². The van der Waals surface area contributed by atoms with Crippen molar-refractivity contribution < 1.29 is 33.7 Å². The molecule has 10 unspecified atom stereocenters. The van der Waals surface area contributed by atoms with Crippen molar-refractivity contribution in [1.82, 2.24) is 0 Å². The highest BCUT2D eigenvalue weighted by Crippen LogP contribution is 2.48. The lowest BCUT2D eigenvalue weighted by Gasteiger charge is -2.42. The van der Waals surface area contributed by atoms with Gasteiger partial charge in [-0.1, -0.05) is 58.0 Å². The van der Waals surface area contributed by atoms with Crippen LogP contribution in [-0.2, 0) is 35.0 Å². The summed E-state index contributed by atoms with van der Waals surface area (Å²) >= 11 is 1.51. The molecule has 2 heterocycles. The molecule has 1 aromatic rings. The molecule has 0 bridgehead atoms. The molecule has 3 rings (SSSR count). The summed E-state index contributed by atoms with van der Waals surface area (Å²) in [6.45, 7) is 13.0. The topological polar surface area (TPSA) is 99.1 Å². The molecular formula is C32H48O7S. The highest BCUT2D eigenvalue weighted by atomic mass is 32.2. The van der Waals surface area contributed by atoms with Crippen molar-refractivity contribution in [3.63, 3.8) is 0 Å². The number of Topliss-reactive ketones (excluding diaryl/α,β-unsaturated/α-hetero) is 1. The number of ether oxygens (including phenoxy) is 3.